The number of ether oxygens (including phenoxy) is 2. The van der Waals surface area contributed by atoms with Crippen LogP contribution in [0.15, 0.2) is 24.3 Å². The van der Waals surface area contributed by atoms with Crippen LogP contribution in [0, 0.1) is 0 Å². The first kappa shape index (κ1) is 11.9. The number of hydrogen-bond acceptors (Lipinski definition) is 3. The van der Waals surface area contributed by atoms with Crippen LogP contribution >= 0.6 is 11.6 Å². The van der Waals surface area contributed by atoms with E-state index in [0.717, 1.165) is 5.56 Å². The average molecular weight is 243 g/mol. The molecule has 2 atom stereocenters. The lowest BCUT2D eigenvalue weighted by Crippen LogP contribution is -2.24. The van der Waals surface area contributed by atoms with Gasteiger partial charge in [0.2, 0.25) is 0 Å². The molecule has 1 aliphatic rings. The van der Waals surface area contributed by atoms with E-state index in [9.17, 15) is 0 Å². The lowest BCUT2D eigenvalue weighted by molar-refractivity contribution is -0.163. The molecule has 0 saturated carbocycles. The SMILES string of the molecule is CC1(c2ccc(Cl)cc2)OCC(CCO)O1. The second-order valence-electron chi connectivity index (χ2n) is 4.02. The molecule has 1 saturated heterocycles. The molecule has 1 aromatic rings. The van der Waals surface area contributed by atoms with Gasteiger partial charge < -0.3 is 14.6 Å². The first-order chi connectivity index (χ1) is 7.64. The Bertz CT molecular complexity index is 352. The smallest absolute Gasteiger partial charge is 0.192 e. The quantitative estimate of drug-likeness (QED) is 0.884. The molecule has 0 spiro atoms. The third-order valence-corrected chi connectivity index (χ3v) is 3.01. The van der Waals surface area contributed by atoms with E-state index in [-0.39, 0.29) is 12.7 Å². The number of aliphatic hydroxyl groups is 1. The Balaban J connectivity index is 2.12. The highest BCUT2D eigenvalue weighted by molar-refractivity contribution is 6.30. The Morgan fingerprint density at radius 1 is 1.44 bits per heavy atom. The van der Waals surface area contributed by atoms with Crippen molar-refractivity contribution >= 4 is 11.6 Å². The van der Waals surface area contributed by atoms with Crippen molar-refractivity contribution in [2.45, 2.75) is 25.2 Å². The van der Waals surface area contributed by atoms with Gasteiger partial charge in [-0.25, -0.2) is 0 Å². The van der Waals surface area contributed by atoms with Crippen LogP contribution in [0.4, 0.5) is 0 Å². The van der Waals surface area contributed by atoms with Gasteiger partial charge in [-0.1, -0.05) is 23.7 Å². The Morgan fingerprint density at radius 3 is 2.75 bits per heavy atom. The van der Waals surface area contributed by atoms with E-state index in [1.54, 1.807) is 0 Å². The lowest BCUT2D eigenvalue weighted by atomic mass is 10.1. The molecule has 2 unspecified atom stereocenters. The minimum Gasteiger partial charge on any atom is -0.396 e. The summed E-state index contributed by atoms with van der Waals surface area (Å²) in [6.07, 6.45) is 0.564. The predicted molar refractivity (Wildman–Crippen MR) is 61.3 cm³/mol. The van der Waals surface area contributed by atoms with Gasteiger partial charge >= 0.3 is 0 Å². The Kier molecular flexibility index (Phi) is 3.50. The van der Waals surface area contributed by atoms with Gasteiger partial charge in [0.05, 0.1) is 12.7 Å². The number of rotatable bonds is 3. The molecule has 1 N–H and O–H groups in total. The summed E-state index contributed by atoms with van der Waals surface area (Å²) in [6.45, 7) is 2.51. The fourth-order valence-corrected chi connectivity index (χ4v) is 1.95. The summed E-state index contributed by atoms with van der Waals surface area (Å²) in [6, 6.07) is 7.41. The van der Waals surface area contributed by atoms with Crippen molar-refractivity contribution in [1.82, 2.24) is 0 Å². The fraction of sp³-hybridized carbons (Fsp3) is 0.500. The Labute approximate surface area is 99.9 Å². The van der Waals surface area contributed by atoms with Crippen LogP contribution in [0.2, 0.25) is 5.02 Å². The molecule has 1 aromatic carbocycles. The lowest BCUT2D eigenvalue weighted by Gasteiger charge is -2.23. The van der Waals surface area contributed by atoms with Gasteiger partial charge in [0.1, 0.15) is 0 Å². The summed E-state index contributed by atoms with van der Waals surface area (Å²) < 4.78 is 11.4. The molecular weight excluding hydrogens is 228 g/mol. The number of benzene rings is 1. The van der Waals surface area contributed by atoms with Crippen molar-refractivity contribution in [3.8, 4) is 0 Å². The predicted octanol–water partition coefficient (Wildman–Crippen LogP) is 2.31. The molecule has 0 radical (unpaired) electrons. The zero-order chi connectivity index (χ0) is 11.6. The van der Waals surface area contributed by atoms with Crippen LogP contribution in [0.25, 0.3) is 0 Å². The monoisotopic (exact) mass is 242 g/mol. The molecule has 1 fully saturated rings. The van der Waals surface area contributed by atoms with Crippen LogP contribution in [0.5, 0.6) is 0 Å². The van der Waals surface area contributed by atoms with Crippen molar-refractivity contribution in [2.75, 3.05) is 13.2 Å². The van der Waals surface area contributed by atoms with Crippen LogP contribution < -0.4 is 0 Å². The summed E-state index contributed by atoms with van der Waals surface area (Å²) in [5.74, 6) is -0.718. The second-order valence-corrected chi connectivity index (χ2v) is 4.45. The summed E-state index contributed by atoms with van der Waals surface area (Å²) >= 11 is 5.83. The molecular formula is C12H15ClO3. The molecule has 0 aliphatic carbocycles. The number of aliphatic hydroxyl groups excluding tert-OH is 1. The van der Waals surface area contributed by atoms with Gasteiger partial charge in [-0.3, -0.25) is 0 Å². The highest BCUT2D eigenvalue weighted by Gasteiger charge is 2.38. The molecule has 2 rings (SSSR count). The number of halogens is 1. The van der Waals surface area contributed by atoms with Crippen molar-refractivity contribution in [2.24, 2.45) is 0 Å². The summed E-state index contributed by atoms with van der Waals surface area (Å²) in [7, 11) is 0. The maximum Gasteiger partial charge on any atom is 0.192 e. The van der Waals surface area contributed by atoms with Crippen LogP contribution in [-0.2, 0) is 15.3 Å². The van der Waals surface area contributed by atoms with E-state index >= 15 is 0 Å². The first-order valence-electron chi connectivity index (χ1n) is 5.33. The van der Waals surface area contributed by atoms with Crippen molar-refractivity contribution in [1.29, 1.82) is 0 Å². The first-order valence-corrected chi connectivity index (χ1v) is 5.70. The van der Waals surface area contributed by atoms with Crippen molar-refractivity contribution in [3.05, 3.63) is 34.9 Å². The largest absolute Gasteiger partial charge is 0.396 e. The van der Waals surface area contributed by atoms with E-state index in [1.165, 1.54) is 0 Å². The second kappa shape index (κ2) is 4.72. The third-order valence-electron chi connectivity index (χ3n) is 2.76. The normalized spacial score (nSPS) is 29.6. The fourth-order valence-electron chi connectivity index (χ4n) is 1.83. The van der Waals surface area contributed by atoms with E-state index in [0.29, 0.717) is 18.1 Å². The van der Waals surface area contributed by atoms with Gasteiger partial charge in [-0.2, -0.15) is 0 Å². The molecule has 4 heteroatoms. The molecule has 1 aliphatic heterocycles. The van der Waals surface area contributed by atoms with Gasteiger partial charge in [0.15, 0.2) is 5.79 Å². The third kappa shape index (κ3) is 2.38. The molecule has 0 aromatic heterocycles. The van der Waals surface area contributed by atoms with Crippen LogP contribution in [0.3, 0.4) is 0 Å². The van der Waals surface area contributed by atoms with Gasteiger partial charge in [0.25, 0.3) is 0 Å². The van der Waals surface area contributed by atoms with Gasteiger partial charge in [-0.15, -0.1) is 0 Å². The highest BCUT2D eigenvalue weighted by atomic mass is 35.5. The van der Waals surface area contributed by atoms with E-state index in [4.69, 9.17) is 26.2 Å². The van der Waals surface area contributed by atoms with E-state index in [1.807, 2.05) is 31.2 Å². The molecule has 3 nitrogen and oxygen atoms in total. The van der Waals surface area contributed by atoms with Gasteiger partial charge in [-0.05, 0) is 25.5 Å². The van der Waals surface area contributed by atoms with Gasteiger partial charge in [0, 0.05) is 17.2 Å². The summed E-state index contributed by atoms with van der Waals surface area (Å²) in [5, 5.41) is 9.54. The maximum atomic E-state index is 8.85. The number of hydrogen-bond donors (Lipinski definition) is 1. The zero-order valence-corrected chi connectivity index (χ0v) is 9.91. The standard InChI is InChI=1S/C12H15ClO3/c1-12(9-2-4-10(13)5-3-9)15-8-11(16-12)6-7-14/h2-5,11,14H,6-8H2,1H3. The average Bonchev–Trinajstić information content (AvgIpc) is 2.63. The maximum absolute atomic E-state index is 8.85. The molecule has 1 heterocycles. The highest BCUT2D eigenvalue weighted by Crippen LogP contribution is 2.34. The summed E-state index contributed by atoms with van der Waals surface area (Å²) in [4.78, 5) is 0. The Hall–Kier alpha value is -0.610. The van der Waals surface area contributed by atoms with E-state index < -0.39 is 5.79 Å². The summed E-state index contributed by atoms with van der Waals surface area (Å²) in [5.41, 5.74) is 0.942. The minimum atomic E-state index is -0.718. The zero-order valence-electron chi connectivity index (χ0n) is 9.15. The van der Waals surface area contributed by atoms with Crippen molar-refractivity contribution in [3.63, 3.8) is 0 Å². The Morgan fingerprint density at radius 2 is 2.12 bits per heavy atom. The van der Waals surface area contributed by atoms with Crippen molar-refractivity contribution < 1.29 is 14.6 Å². The van der Waals surface area contributed by atoms with Crippen LogP contribution in [0.1, 0.15) is 18.9 Å². The molecule has 0 bridgehead atoms. The topological polar surface area (TPSA) is 38.7 Å². The molecule has 88 valence electrons. The minimum absolute atomic E-state index is 0.0364. The van der Waals surface area contributed by atoms with E-state index in [2.05, 4.69) is 0 Å². The van der Waals surface area contributed by atoms with Crippen LogP contribution in [-0.4, -0.2) is 24.4 Å². The molecule has 16 heavy (non-hydrogen) atoms. The molecule has 0 amide bonds.